The van der Waals surface area contributed by atoms with Crippen molar-refractivity contribution in [3.05, 3.63) is 39.7 Å². The fourth-order valence-electron chi connectivity index (χ4n) is 1.49. The van der Waals surface area contributed by atoms with Gasteiger partial charge in [0.05, 0.1) is 10.0 Å². The third kappa shape index (κ3) is 1.86. The van der Waals surface area contributed by atoms with Crippen LogP contribution in [0, 0.1) is 5.92 Å². The maximum atomic E-state index is 12.6. The van der Waals surface area contributed by atoms with E-state index in [0.29, 0.717) is 10.0 Å². The van der Waals surface area contributed by atoms with E-state index < -0.39 is 5.92 Å². The van der Waals surface area contributed by atoms with Crippen LogP contribution in [-0.2, 0) is 0 Å². The van der Waals surface area contributed by atoms with Crippen molar-refractivity contribution in [3.63, 3.8) is 0 Å². The third-order valence-corrected chi connectivity index (χ3v) is 3.01. The van der Waals surface area contributed by atoms with Crippen LogP contribution in [0.3, 0.4) is 0 Å². The second-order valence-electron chi connectivity index (χ2n) is 3.44. The number of alkyl halides is 2. The van der Waals surface area contributed by atoms with Crippen molar-refractivity contribution >= 4 is 23.2 Å². The van der Waals surface area contributed by atoms with E-state index in [4.69, 9.17) is 23.2 Å². The van der Waals surface area contributed by atoms with Crippen molar-refractivity contribution < 1.29 is 8.78 Å². The Morgan fingerprint density at radius 3 is 2.21 bits per heavy atom. The van der Waals surface area contributed by atoms with Gasteiger partial charge in [-0.15, -0.1) is 0 Å². The molecule has 1 radical (unpaired) electrons. The molecule has 1 aromatic carbocycles. The van der Waals surface area contributed by atoms with Gasteiger partial charge in [-0.05, 0) is 17.7 Å². The summed E-state index contributed by atoms with van der Waals surface area (Å²) < 4.78 is 25.1. The highest BCUT2D eigenvalue weighted by Gasteiger charge is 2.46. The van der Waals surface area contributed by atoms with Gasteiger partial charge in [-0.3, -0.25) is 0 Å². The minimum Gasteiger partial charge on any atom is -0.207 e. The normalized spacial score (nSPS) is 20.6. The number of hydrogen-bond acceptors (Lipinski definition) is 0. The minimum absolute atomic E-state index is 0.162. The average Bonchev–Trinajstić information content (AvgIpc) is 2.06. The predicted octanol–water partition coefficient (Wildman–Crippen LogP) is 4.35. The quantitative estimate of drug-likeness (QED) is 0.680. The van der Waals surface area contributed by atoms with Gasteiger partial charge < -0.3 is 0 Å². The lowest BCUT2D eigenvalue weighted by Gasteiger charge is -2.34. The van der Waals surface area contributed by atoms with Crippen molar-refractivity contribution in [2.24, 2.45) is 0 Å². The standard InChI is InChI=1S/C10H7Cl2F2/c11-8-2-1-6(3-9(8)12)7-4-10(13,14)5-7/h1-3H,4-5H2. The molecule has 0 saturated heterocycles. The van der Waals surface area contributed by atoms with Crippen LogP contribution in [-0.4, -0.2) is 5.92 Å². The van der Waals surface area contributed by atoms with E-state index in [-0.39, 0.29) is 12.8 Å². The highest BCUT2D eigenvalue weighted by atomic mass is 35.5. The van der Waals surface area contributed by atoms with Crippen LogP contribution in [0.15, 0.2) is 18.2 Å². The fraction of sp³-hybridized carbons (Fsp3) is 0.300. The zero-order valence-corrected chi connectivity index (χ0v) is 8.67. The fourth-order valence-corrected chi connectivity index (χ4v) is 1.79. The maximum absolute atomic E-state index is 12.6. The number of rotatable bonds is 1. The molecule has 1 saturated carbocycles. The van der Waals surface area contributed by atoms with Crippen LogP contribution in [0.25, 0.3) is 0 Å². The van der Waals surface area contributed by atoms with Gasteiger partial charge in [-0.25, -0.2) is 8.78 Å². The molecule has 4 heteroatoms. The number of benzene rings is 1. The summed E-state index contributed by atoms with van der Waals surface area (Å²) in [5, 5.41) is 0.856. The molecule has 0 aliphatic heterocycles. The second-order valence-corrected chi connectivity index (χ2v) is 4.26. The second kappa shape index (κ2) is 3.35. The van der Waals surface area contributed by atoms with Crippen LogP contribution in [0.4, 0.5) is 8.78 Å². The first kappa shape index (κ1) is 10.2. The molecule has 14 heavy (non-hydrogen) atoms. The number of halogens is 4. The van der Waals surface area contributed by atoms with Gasteiger partial charge in [0.25, 0.3) is 0 Å². The molecule has 0 N–H and O–H groups in total. The Morgan fingerprint density at radius 2 is 1.71 bits per heavy atom. The molecule has 0 nitrogen and oxygen atoms in total. The van der Waals surface area contributed by atoms with E-state index in [1.807, 2.05) is 0 Å². The van der Waals surface area contributed by atoms with Crippen LogP contribution in [0.2, 0.25) is 10.0 Å². The van der Waals surface area contributed by atoms with Gasteiger partial charge in [0.1, 0.15) is 0 Å². The van der Waals surface area contributed by atoms with Crippen molar-refractivity contribution in [3.8, 4) is 0 Å². The van der Waals surface area contributed by atoms with Gasteiger partial charge in [-0.2, -0.15) is 0 Å². The van der Waals surface area contributed by atoms with Crippen LogP contribution >= 0.6 is 23.2 Å². The summed E-state index contributed by atoms with van der Waals surface area (Å²) in [7, 11) is 0. The van der Waals surface area contributed by atoms with E-state index in [1.54, 1.807) is 18.2 Å². The molecular weight excluding hydrogens is 229 g/mol. The first-order chi connectivity index (χ1) is 6.48. The Labute approximate surface area is 90.8 Å². The minimum atomic E-state index is -2.53. The molecular formula is C10H7Cl2F2. The van der Waals surface area contributed by atoms with Gasteiger partial charge in [-0.1, -0.05) is 29.3 Å². The SMILES string of the molecule is FC1(F)C[C](c2ccc(Cl)c(Cl)c2)C1. The predicted molar refractivity (Wildman–Crippen MR) is 53.0 cm³/mol. The monoisotopic (exact) mass is 235 g/mol. The summed E-state index contributed by atoms with van der Waals surface area (Å²) in [4.78, 5) is 0. The molecule has 1 aliphatic carbocycles. The Morgan fingerprint density at radius 1 is 1.07 bits per heavy atom. The van der Waals surface area contributed by atoms with Gasteiger partial charge in [0.2, 0.25) is 5.92 Å². The van der Waals surface area contributed by atoms with Gasteiger partial charge >= 0.3 is 0 Å². The van der Waals surface area contributed by atoms with Crippen LogP contribution < -0.4 is 0 Å². The van der Waals surface area contributed by atoms with E-state index in [9.17, 15) is 8.78 Å². The lowest BCUT2D eigenvalue weighted by molar-refractivity contribution is -0.0513. The lowest BCUT2D eigenvalue weighted by Crippen LogP contribution is -2.34. The smallest absolute Gasteiger partial charge is 0.207 e. The molecule has 0 amide bonds. The molecule has 0 bridgehead atoms. The van der Waals surface area contributed by atoms with E-state index >= 15 is 0 Å². The van der Waals surface area contributed by atoms with Gasteiger partial charge in [0, 0.05) is 18.8 Å². The topological polar surface area (TPSA) is 0 Å². The van der Waals surface area contributed by atoms with Crippen LogP contribution in [0.1, 0.15) is 18.4 Å². The summed E-state index contributed by atoms with van der Waals surface area (Å²) in [6.45, 7) is 0. The summed E-state index contributed by atoms with van der Waals surface area (Å²) in [5.41, 5.74) is 0.769. The largest absolute Gasteiger partial charge is 0.249 e. The zero-order chi connectivity index (χ0) is 10.3. The molecule has 0 aromatic heterocycles. The Bertz CT molecular complexity index is 355. The molecule has 0 atom stereocenters. The molecule has 1 aromatic rings. The van der Waals surface area contributed by atoms with Crippen molar-refractivity contribution in [2.45, 2.75) is 18.8 Å². The highest BCUT2D eigenvalue weighted by Crippen LogP contribution is 2.48. The molecule has 0 unspecified atom stereocenters. The molecule has 0 spiro atoms. The first-order valence-corrected chi connectivity index (χ1v) is 4.91. The summed E-state index contributed by atoms with van der Waals surface area (Å²) >= 11 is 11.5. The van der Waals surface area contributed by atoms with E-state index in [0.717, 1.165) is 11.5 Å². The molecule has 75 valence electrons. The van der Waals surface area contributed by atoms with Crippen molar-refractivity contribution in [1.29, 1.82) is 0 Å². The van der Waals surface area contributed by atoms with Gasteiger partial charge in [0.15, 0.2) is 0 Å². The molecule has 2 rings (SSSR count). The molecule has 1 fully saturated rings. The maximum Gasteiger partial charge on any atom is 0.249 e. The van der Waals surface area contributed by atoms with Crippen molar-refractivity contribution in [2.75, 3.05) is 0 Å². The Kier molecular flexibility index (Phi) is 2.44. The Hall–Kier alpha value is -0.340. The molecule has 0 heterocycles. The Balaban J connectivity index is 2.16. The lowest BCUT2D eigenvalue weighted by atomic mass is 9.77. The molecule has 1 aliphatic rings. The summed E-state index contributed by atoms with van der Waals surface area (Å²) in [5.74, 6) is -1.78. The summed E-state index contributed by atoms with van der Waals surface area (Å²) in [6.07, 6.45) is -0.323. The summed E-state index contributed by atoms with van der Waals surface area (Å²) in [6, 6.07) is 4.98. The van der Waals surface area contributed by atoms with Crippen molar-refractivity contribution in [1.82, 2.24) is 0 Å². The van der Waals surface area contributed by atoms with Crippen LogP contribution in [0.5, 0.6) is 0 Å². The number of hydrogen-bond donors (Lipinski definition) is 0. The third-order valence-electron chi connectivity index (χ3n) is 2.27. The average molecular weight is 236 g/mol. The van der Waals surface area contributed by atoms with E-state index in [1.165, 1.54) is 0 Å². The highest BCUT2D eigenvalue weighted by molar-refractivity contribution is 6.42. The zero-order valence-electron chi connectivity index (χ0n) is 7.16. The first-order valence-electron chi connectivity index (χ1n) is 4.16. The van der Waals surface area contributed by atoms with E-state index in [2.05, 4.69) is 0 Å².